The zero-order chi connectivity index (χ0) is 35.3. The van der Waals surface area contributed by atoms with Crippen LogP contribution in [0.5, 0.6) is 11.5 Å². The molecule has 0 spiro atoms. The van der Waals surface area contributed by atoms with Gasteiger partial charge in [0.2, 0.25) is 10.0 Å². The number of furan rings is 1. The van der Waals surface area contributed by atoms with Crippen LogP contribution in [0.15, 0.2) is 105 Å². The highest BCUT2D eigenvalue weighted by Crippen LogP contribution is 2.34. The molecule has 11 nitrogen and oxygen atoms in total. The van der Waals surface area contributed by atoms with Gasteiger partial charge >= 0.3 is 0 Å². The molecular formula is C34H37FN4O7S3. The molecule has 0 saturated carbocycles. The maximum absolute atomic E-state index is 14.6. The summed E-state index contributed by atoms with van der Waals surface area (Å²) in [6.45, 7) is 5.67. The third-order valence-electron chi connectivity index (χ3n) is 7.70. The molecule has 0 aliphatic carbocycles. The topological polar surface area (TPSA) is 153 Å². The maximum Gasteiger partial charge on any atom is 0.265 e. The van der Waals surface area contributed by atoms with Crippen LogP contribution in [-0.4, -0.2) is 56.2 Å². The van der Waals surface area contributed by atoms with Crippen molar-refractivity contribution in [2.45, 2.75) is 35.7 Å². The van der Waals surface area contributed by atoms with E-state index in [2.05, 4.69) is 28.8 Å². The molecule has 1 fully saturated rings. The van der Waals surface area contributed by atoms with Crippen molar-refractivity contribution in [2.24, 2.45) is 5.14 Å². The van der Waals surface area contributed by atoms with Gasteiger partial charge in [0.1, 0.15) is 27.1 Å². The van der Waals surface area contributed by atoms with E-state index >= 15 is 0 Å². The number of ether oxygens (including phenoxy) is 2. The Morgan fingerprint density at radius 1 is 0.878 bits per heavy atom. The van der Waals surface area contributed by atoms with Crippen molar-refractivity contribution >= 4 is 42.8 Å². The first-order valence-corrected chi connectivity index (χ1v) is 19.0. The second-order valence-electron chi connectivity index (χ2n) is 11.4. The fourth-order valence-corrected chi connectivity index (χ4v) is 8.14. The second kappa shape index (κ2) is 15.0. The molecule has 5 aromatic rings. The standard InChI is InChI=1S/C23H26FN3O3S2.C11H11NO4S/c1-15-13-27(14-16(2)25-15)18-7-8-19(24)20(12-18)26-32(28,29)23-9-6-17(11-21(23)30-3)22-5-4-10-31-22;1-15-10-6-8(9-4-5-16-7-9)2-3-11(10)17(12,13)14/h4-12,15-16,25-26H,13-14H2,1-3H3;2-7H,1H3,(H2,12,13,14)/t15-,16+;. The Bertz CT molecular complexity index is 2100. The summed E-state index contributed by atoms with van der Waals surface area (Å²) in [5.74, 6) is -0.223. The van der Waals surface area contributed by atoms with Crippen molar-refractivity contribution < 1.29 is 35.1 Å². The van der Waals surface area contributed by atoms with E-state index < -0.39 is 25.9 Å². The Morgan fingerprint density at radius 3 is 2.14 bits per heavy atom. The molecule has 1 saturated heterocycles. The van der Waals surface area contributed by atoms with Crippen LogP contribution in [0.3, 0.4) is 0 Å². The van der Waals surface area contributed by atoms with Gasteiger partial charge in [-0.2, -0.15) is 0 Å². The highest BCUT2D eigenvalue weighted by atomic mass is 32.2. The van der Waals surface area contributed by atoms with E-state index in [0.29, 0.717) is 0 Å². The summed E-state index contributed by atoms with van der Waals surface area (Å²) < 4.78 is 81.2. The molecule has 260 valence electrons. The average Bonchev–Trinajstić information content (AvgIpc) is 3.80. The first kappa shape index (κ1) is 35.9. The fraction of sp³-hybridized carbons (Fsp3) is 0.235. The molecule has 0 amide bonds. The van der Waals surface area contributed by atoms with Crippen LogP contribution in [0.1, 0.15) is 13.8 Å². The van der Waals surface area contributed by atoms with Gasteiger partial charge in [0, 0.05) is 41.3 Å². The molecule has 1 aliphatic heterocycles. The predicted octanol–water partition coefficient (Wildman–Crippen LogP) is 6.15. The summed E-state index contributed by atoms with van der Waals surface area (Å²) in [6, 6.07) is 20.2. The van der Waals surface area contributed by atoms with Gasteiger partial charge in [0.05, 0.1) is 32.4 Å². The Morgan fingerprint density at radius 2 is 1.53 bits per heavy atom. The number of hydrogen-bond acceptors (Lipinski definition) is 10. The normalized spacial score (nSPS) is 16.4. The Balaban J connectivity index is 0.000000232. The zero-order valence-electron chi connectivity index (χ0n) is 27.2. The fourth-order valence-electron chi connectivity index (χ4n) is 5.52. The second-order valence-corrected chi connectivity index (χ2v) is 15.5. The summed E-state index contributed by atoms with van der Waals surface area (Å²) in [7, 11) is -5.05. The molecule has 0 bridgehead atoms. The maximum atomic E-state index is 14.6. The number of nitrogens with two attached hydrogens (primary N) is 1. The molecule has 49 heavy (non-hydrogen) atoms. The largest absolute Gasteiger partial charge is 0.495 e. The lowest BCUT2D eigenvalue weighted by molar-refractivity contribution is 0.403. The minimum absolute atomic E-state index is 0.0350. The van der Waals surface area contributed by atoms with Gasteiger partial charge in [-0.3, -0.25) is 4.72 Å². The van der Waals surface area contributed by atoms with Crippen LogP contribution in [0.25, 0.3) is 21.6 Å². The van der Waals surface area contributed by atoms with Gasteiger partial charge in [-0.15, -0.1) is 11.3 Å². The Labute approximate surface area is 289 Å². The van der Waals surface area contributed by atoms with Gasteiger partial charge in [-0.05, 0) is 85.0 Å². The average molecular weight is 729 g/mol. The molecule has 6 rings (SSSR count). The summed E-state index contributed by atoms with van der Waals surface area (Å²) in [5.41, 5.74) is 3.16. The number of anilines is 2. The Hall–Kier alpha value is -4.41. The lowest BCUT2D eigenvalue weighted by Gasteiger charge is -2.37. The van der Waals surface area contributed by atoms with Crippen molar-refractivity contribution in [3.8, 4) is 33.1 Å². The summed E-state index contributed by atoms with van der Waals surface area (Å²) >= 11 is 1.55. The number of sulfonamides is 2. The molecular weight excluding hydrogens is 692 g/mol. The predicted molar refractivity (Wildman–Crippen MR) is 190 cm³/mol. The van der Waals surface area contributed by atoms with Crippen LogP contribution < -0.4 is 29.6 Å². The van der Waals surface area contributed by atoms with Crippen molar-refractivity contribution in [1.82, 2.24) is 5.32 Å². The van der Waals surface area contributed by atoms with Crippen LogP contribution >= 0.6 is 11.3 Å². The van der Waals surface area contributed by atoms with E-state index in [0.717, 1.165) is 40.3 Å². The minimum atomic E-state index is -4.08. The quantitative estimate of drug-likeness (QED) is 0.162. The van der Waals surface area contributed by atoms with Crippen molar-refractivity contribution in [2.75, 3.05) is 36.9 Å². The minimum Gasteiger partial charge on any atom is -0.495 e. The van der Waals surface area contributed by atoms with E-state index in [9.17, 15) is 21.2 Å². The highest BCUT2D eigenvalue weighted by molar-refractivity contribution is 7.92. The monoisotopic (exact) mass is 728 g/mol. The van der Waals surface area contributed by atoms with E-state index in [4.69, 9.17) is 19.0 Å². The zero-order valence-corrected chi connectivity index (χ0v) is 29.7. The van der Waals surface area contributed by atoms with Crippen molar-refractivity contribution in [3.05, 3.63) is 96.5 Å². The highest BCUT2D eigenvalue weighted by Gasteiger charge is 2.25. The lowest BCUT2D eigenvalue weighted by atomic mass is 10.1. The number of halogens is 1. The van der Waals surface area contributed by atoms with Gasteiger partial charge in [0.15, 0.2) is 0 Å². The third-order valence-corrected chi connectivity index (χ3v) is 11.0. The van der Waals surface area contributed by atoms with Crippen molar-refractivity contribution in [1.29, 1.82) is 0 Å². The SMILES string of the molecule is COc1cc(-c2cccs2)ccc1S(=O)(=O)Nc1cc(N2C[C@@H](C)N[C@@H](C)C2)ccc1F.COc1cc(-c2ccoc2)ccc1S(N)(=O)=O. The van der Waals surface area contributed by atoms with Gasteiger partial charge in [-0.1, -0.05) is 18.2 Å². The number of thiophene rings is 1. The van der Waals surface area contributed by atoms with Crippen LogP contribution in [0.2, 0.25) is 0 Å². The number of primary sulfonamides is 1. The summed E-state index contributed by atoms with van der Waals surface area (Å²) in [6.07, 6.45) is 3.10. The number of piperazine rings is 1. The van der Waals surface area contributed by atoms with Crippen LogP contribution in [0, 0.1) is 5.82 Å². The van der Waals surface area contributed by atoms with E-state index in [1.807, 2.05) is 17.5 Å². The lowest BCUT2D eigenvalue weighted by Crippen LogP contribution is -2.54. The molecule has 2 aromatic heterocycles. The number of methoxy groups -OCH3 is 2. The number of nitrogens with one attached hydrogen (secondary N) is 2. The van der Waals surface area contributed by atoms with Crippen molar-refractivity contribution in [3.63, 3.8) is 0 Å². The van der Waals surface area contributed by atoms with E-state index in [1.54, 1.807) is 60.1 Å². The number of nitrogens with zero attached hydrogens (tertiary/aromatic N) is 1. The first-order valence-electron chi connectivity index (χ1n) is 15.1. The molecule has 4 N–H and O–H groups in total. The smallest absolute Gasteiger partial charge is 0.265 e. The summed E-state index contributed by atoms with van der Waals surface area (Å²) in [4.78, 5) is 3.04. The third kappa shape index (κ3) is 8.61. The molecule has 15 heteroatoms. The van der Waals surface area contributed by atoms with Gasteiger partial charge in [-0.25, -0.2) is 26.4 Å². The van der Waals surface area contributed by atoms with Crippen LogP contribution in [-0.2, 0) is 20.0 Å². The number of benzene rings is 3. The van der Waals surface area contributed by atoms with Gasteiger partial charge < -0.3 is 24.1 Å². The van der Waals surface area contributed by atoms with E-state index in [-0.39, 0.29) is 39.1 Å². The molecule has 2 atom stereocenters. The summed E-state index contributed by atoms with van der Waals surface area (Å²) in [5, 5.41) is 10.5. The molecule has 0 unspecified atom stereocenters. The van der Waals surface area contributed by atoms with Gasteiger partial charge in [0.25, 0.3) is 10.0 Å². The van der Waals surface area contributed by atoms with Crippen LogP contribution in [0.4, 0.5) is 15.8 Å². The molecule has 3 heterocycles. The number of rotatable bonds is 9. The molecule has 3 aromatic carbocycles. The Kier molecular flexibility index (Phi) is 11.0. The first-order chi connectivity index (χ1) is 23.3. The van der Waals surface area contributed by atoms with E-state index in [1.165, 1.54) is 38.7 Å². The molecule has 0 radical (unpaired) electrons. The number of hydrogen-bond donors (Lipinski definition) is 3. The molecule has 1 aliphatic rings.